The van der Waals surface area contributed by atoms with Crippen LogP contribution >= 0.6 is 11.6 Å². The first-order valence-corrected chi connectivity index (χ1v) is 9.51. The highest BCUT2D eigenvalue weighted by Gasteiger charge is 2.50. The molecular formula is C20H29ClN2O4. The highest BCUT2D eigenvalue weighted by Crippen LogP contribution is 2.46. The number of carbonyl (C=O) groups excluding carboxylic acids is 1. The maximum atomic E-state index is 13.1. The molecule has 1 heterocycles. The number of likely N-dealkylation sites (tertiary alicyclic amines) is 1. The molecule has 0 bridgehead atoms. The molecule has 2 atom stereocenters. The number of nitrogens with zero attached hydrogens (tertiary/aromatic N) is 2. The lowest BCUT2D eigenvalue weighted by Gasteiger charge is -2.51. The summed E-state index contributed by atoms with van der Waals surface area (Å²) >= 11 is 5.96. The van der Waals surface area contributed by atoms with Crippen LogP contribution in [0.5, 0.6) is 0 Å². The van der Waals surface area contributed by atoms with Crippen molar-refractivity contribution in [2.45, 2.75) is 45.8 Å². The minimum Gasteiger partial charge on any atom is -0.465 e. The zero-order chi connectivity index (χ0) is 20.6. The van der Waals surface area contributed by atoms with Crippen molar-refractivity contribution in [3.63, 3.8) is 0 Å². The van der Waals surface area contributed by atoms with Gasteiger partial charge in [-0.25, -0.2) is 4.79 Å². The van der Waals surface area contributed by atoms with Crippen LogP contribution in [0.4, 0.5) is 4.79 Å². The summed E-state index contributed by atoms with van der Waals surface area (Å²) < 4.78 is 0. The van der Waals surface area contributed by atoms with Crippen molar-refractivity contribution in [3.8, 4) is 0 Å². The van der Waals surface area contributed by atoms with E-state index in [0.717, 1.165) is 10.5 Å². The van der Waals surface area contributed by atoms with Gasteiger partial charge in [-0.2, -0.15) is 0 Å². The zero-order valence-corrected chi connectivity index (χ0v) is 17.3. The maximum Gasteiger partial charge on any atom is 0.407 e. The van der Waals surface area contributed by atoms with Crippen LogP contribution in [0, 0.1) is 11.3 Å². The molecule has 7 heteroatoms. The van der Waals surface area contributed by atoms with E-state index in [-0.39, 0.29) is 11.8 Å². The molecule has 1 aromatic rings. The van der Waals surface area contributed by atoms with Gasteiger partial charge in [0.2, 0.25) is 5.91 Å². The fraction of sp³-hybridized carbons (Fsp3) is 0.600. The van der Waals surface area contributed by atoms with E-state index in [1.165, 1.54) is 7.05 Å². The molecule has 0 unspecified atom stereocenters. The van der Waals surface area contributed by atoms with Crippen LogP contribution in [-0.2, 0) is 10.4 Å². The van der Waals surface area contributed by atoms with Crippen LogP contribution < -0.4 is 0 Å². The fourth-order valence-corrected chi connectivity index (χ4v) is 4.10. The predicted octanol–water partition coefficient (Wildman–Crippen LogP) is 3.42. The molecule has 1 aliphatic heterocycles. The van der Waals surface area contributed by atoms with Crippen molar-refractivity contribution < 1.29 is 19.8 Å². The van der Waals surface area contributed by atoms with Crippen LogP contribution in [0.15, 0.2) is 24.3 Å². The highest BCUT2D eigenvalue weighted by molar-refractivity contribution is 6.30. The van der Waals surface area contributed by atoms with E-state index in [4.69, 9.17) is 11.6 Å². The molecule has 1 aromatic carbocycles. The van der Waals surface area contributed by atoms with Gasteiger partial charge in [0.1, 0.15) is 6.04 Å². The van der Waals surface area contributed by atoms with Crippen LogP contribution in [-0.4, -0.2) is 58.2 Å². The van der Waals surface area contributed by atoms with Crippen molar-refractivity contribution in [3.05, 3.63) is 34.9 Å². The van der Waals surface area contributed by atoms with Crippen LogP contribution in [0.1, 0.15) is 39.7 Å². The third-order valence-corrected chi connectivity index (χ3v) is 5.94. The first-order valence-electron chi connectivity index (χ1n) is 9.13. The van der Waals surface area contributed by atoms with Gasteiger partial charge >= 0.3 is 6.09 Å². The average Bonchev–Trinajstić information content (AvgIpc) is 2.57. The molecule has 27 heavy (non-hydrogen) atoms. The largest absolute Gasteiger partial charge is 0.465 e. The number of hydrogen-bond acceptors (Lipinski definition) is 3. The first kappa shape index (κ1) is 21.5. The van der Waals surface area contributed by atoms with Gasteiger partial charge in [0.05, 0.1) is 5.60 Å². The molecule has 2 amide bonds. The van der Waals surface area contributed by atoms with Gasteiger partial charge < -0.3 is 15.1 Å². The number of hydrogen-bond donors (Lipinski definition) is 2. The Morgan fingerprint density at radius 2 is 1.78 bits per heavy atom. The molecule has 0 aromatic heterocycles. The maximum absolute atomic E-state index is 13.1. The molecular weight excluding hydrogens is 368 g/mol. The second kappa shape index (κ2) is 7.68. The summed E-state index contributed by atoms with van der Waals surface area (Å²) in [5, 5.41) is 21.3. The Morgan fingerprint density at radius 1 is 1.22 bits per heavy atom. The number of aliphatic hydroxyl groups is 1. The van der Waals surface area contributed by atoms with E-state index in [2.05, 4.69) is 0 Å². The molecule has 1 saturated heterocycles. The van der Waals surface area contributed by atoms with Gasteiger partial charge in [-0.15, -0.1) is 0 Å². The Balaban J connectivity index is 2.26. The molecule has 0 spiro atoms. The molecule has 0 saturated carbocycles. The Labute approximate surface area is 165 Å². The van der Waals surface area contributed by atoms with E-state index in [0.29, 0.717) is 24.5 Å². The van der Waals surface area contributed by atoms with Crippen molar-refractivity contribution in [2.24, 2.45) is 11.3 Å². The molecule has 0 aliphatic carbocycles. The monoisotopic (exact) mass is 396 g/mol. The minimum absolute atomic E-state index is 0.154. The quantitative estimate of drug-likeness (QED) is 0.817. The van der Waals surface area contributed by atoms with Gasteiger partial charge in [-0.3, -0.25) is 9.69 Å². The van der Waals surface area contributed by atoms with E-state index >= 15 is 0 Å². The van der Waals surface area contributed by atoms with Crippen molar-refractivity contribution >= 4 is 23.6 Å². The normalized spacial score (nSPS) is 23.2. The van der Waals surface area contributed by atoms with E-state index in [1.54, 1.807) is 17.0 Å². The van der Waals surface area contributed by atoms with Crippen molar-refractivity contribution in [1.82, 2.24) is 9.80 Å². The number of amides is 2. The van der Waals surface area contributed by atoms with E-state index < -0.39 is 23.2 Å². The van der Waals surface area contributed by atoms with Crippen molar-refractivity contribution in [2.75, 3.05) is 20.1 Å². The smallest absolute Gasteiger partial charge is 0.407 e. The number of carbonyl (C=O) groups is 2. The fourth-order valence-electron chi connectivity index (χ4n) is 3.98. The predicted molar refractivity (Wildman–Crippen MR) is 105 cm³/mol. The third kappa shape index (κ3) is 4.06. The molecule has 1 fully saturated rings. The average molecular weight is 397 g/mol. The summed E-state index contributed by atoms with van der Waals surface area (Å²) in [4.78, 5) is 27.2. The lowest BCUT2D eigenvalue weighted by atomic mass is 9.66. The molecule has 0 radical (unpaired) electrons. The van der Waals surface area contributed by atoms with Crippen molar-refractivity contribution in [1.29, 1.82) is 0 Å². The zero-order valence-electron chi connectivity index (χ0n) is 16.6. The number of piperidine rings is 1. The topological polar surface area (TPSA) is 81.1 Å². The second-order valence-corrected chi connectivity index (χ2v) is 8.78. The Morgan fingerprint density at radius 3 is 2.22 bits per heavy atom. The lowest BCUT2D eigenvalue weighted by Crippen LogP contribution is -2.60. The standard InChI is InChI=1S/C20H29ClN2O4/c1-13(2)16(22(5)18(25)26)17(24)23-11-10-20(27,19(3,4)12-23)14-6-8-15(21)9-7-14/h6-9,13,16,27H,10-12H2,1-5H3,(H,25,26)/t16-,20+/m1/s1. The molecule has 6 nitrogen and oxygen atoms in total. The summed E-state index contributed by atoms with van der Waals surface area (Å²) in [7, 11) is 1.42. The summed E-state index contributed by atoms with van der Waals surface area (Å²) in [6.07, 6.45) is -0.759. The summed E-state index contributed by atoms with van der Waals surface area (Å²) in [6, 6.07) is 6.38. The Kier molecular flexibility index (Phi) is 6.12. The van der Waals surface area contributed by atoms with Gasteiger partial charge in [-0.05, 0) is 30.0 Å². The van der Waals surface area contributed by atoms with E-state index in [1.807, 2.05) is 39.8 Å². The SMILES string of the molecule is CC(C)[C@H](C(=O)N1CC[C@](O)(c2ccc(Cl)cc2)C(C)(C)C1)N(C)C(=O)O. The van der Waals surface area contributed by atoms with Gasteiger partial charge in [0.15, 0.2) is 0 Å². The third-order valence-electron chi connectivity index (χ3n) is 5.69. The van der Waals surface area contributed by atoms with E-state index in [9.17, 15) is 19.8 Å². The molecule has 2 N–H and O–H groups in total. The molecule has 150 valence electrons. The van der Waals surface area contributed by atoms with Crippen LogP contribution in [0.2, 0.25) is 5.02 Å². The van der Waals surface area contributed by atoms with Gasteiger partial charge in [-0.1, -0.05) is 51.4 Å². The molecule has 1 aliphatic rings. The number of carboxylic acid groups (broad SMARTS) is 1. The number of halogens is 1. The summed E-state index contributed by atoms with van der Waals surface area (Å²) in [6.45, 7) is 8.21. The summed E-state index contributed by atoms with van der Waals surface area (Å²) in [5.74, 6) is -0.375. The first-order chi connectivity index (χ1) is 12.4. The number of benzene rings is 1. The van der Waals surface area contributed by atoms with Gasteiger partial charge in [0, 0.05) is 30.6 Å². The molecule has 2 rings (SSSR count). The minimum atomic E-state index is -1.13. The highest BCUT2D eigenvalue weighted by atomic mass is 35.5. The number of likely N-dealkylation sites (N-methyl/N-ethyl adjacent to an activating group) is 1. The second-order valence-electron chi connectivity index (χ2n) is 8.34. The van der Waals surface area contributed by atoms with Gasteiger partial charge in [0.25, 0.3) is 0 Å². The number of rotatable bonds is 4. The van der Waals surface area contributed by atoms with Crippen LogP contribution in [0.3, 0.4) is 0 Å². The Bertz CT molecular complexity index is 704. The van der Waals surface area contributed by atoms with Crippen LogP contribution in [0.25, 0.3) is 0 Å². The Hall–Kier alpha value is -1.79. The lowest BCUT2D eigenvalue weighted by molar-refractivity contribution is -0.158. The summed E-state index contributed by atoms with van der Waals surface area (Å²) in [5.41, 5.74) is -0.939.